The van der Waals surface area contributed by atoms with Gasteiger partial charge in [-0.15, -0.1) is 0 Å². The first-order valence-corrected chi connectivity index (χ1v) is 26.4. The van der Waals surface area contributed by atoms with Crippen molar-refractivity contribution in [3.8, 4) is 5.75 Å². The summed E-state index contributed by atoms with van der Waals surface area (Å²) in [5, 5.41) is 6.87. The number of piperazine rings is 1. The Morgan fingerprint density at radius 1 is 0.851 bits per heavy atom. The van der Waals surface area contributed by atoms with E-state index in [0.29, 0.717) is 48.4 Å². The number of hydrogen-bond acceptors (Lipinski definition) is 12. The minimum absolute atomic E-state index is 0.0801. The number of hydrogen-bond donors (Lipinski definition) is 2. The second kappa shape index (κ2) is 21.1. The van der Waals surface area contributed by atoms with Crippen molar-refractivity contribution in [2.75, 3.05) is 76.5 Å². The van der Waals surface area contributed by atoms with E-state index in [-0.39, 0.29) is 29.9 Å². The van der Waals surface area contributed by atoms with Crippen molar-refractivity contribution in [3.63, 3.8) is 0 Å². The number of anilines is 2. The zero-order valence-electron chi connectivity index (χ0n) is 38.6. The molecule has 5 amide bonds. The number of unbranched alkanes of at least 4 members (excludes halogenated alkanes) is 3. The fourth-order valence-corrected chi connectivity index (χ4v) is 11.3. The number of imide groups is 2. The number of nitrogens with one attached hydrogen (secondary N) is 2. The molecule has 3 saturated heterocycles. The van der Waals surface area contributed by atoms with Gasteiger partial charge in [-0.05, 0) is 75.3 Å². The van der Waals surface area contributed by atoms with Crippen LogP contribution in [0.15, 0.2) is 66.9 Å². The highest BCUT2D eigenvalue weighted by Gasteiger charge is 2.44. The smallest absolute Gasteiger partial charge is 0.262 e. The minimum atomic E-state index is -2.48. The Kier molecular flexibility index (Phi) is 15.1. The molecule has 1 atom stereocenters. The van der Waals surface area contributed by atoms with Gasteiger partial charge in [0.1, 0.15) is 24.8 Å². The van der Waals surface area contributed by atoms with Gasteiger partial charge in [-0.3, -0.25) is 39.1 Å². The first-order valence-electron chi connectivity index (χ1n) is 23.4. The Bertz CT molecular complexity index is 2570. The SMILES string of the molecule is COc1cc(N2CCC(N3CCN(C(=O)CCCCCCNc4ccc5c(c4)C(=O)N(C4CCC(=O)NC4=O)C5=O)CC3)CC2)ccc1Cc1ncc(Cl)c(Cc2ccccc2P(C)(C)=O)n1. The molecule has 354 valence electrons. The number of nitrogens with zero attached hydrogens (tertiary/aromatic N) is 6. The second-order valence-corrected chi connectivity index (χ2v) is 21.9. The largest absolute Gasteiger partial charge is 0.496 e. The predicted molar refractivity (Wildman–Crippen MR) is 259 cm³/mol. The molecule has 1 unspecified atom stereocenters. The lowest BCUT2D eigenvalue weighted by molar-refractivity contribution is -0.136. The lowest BCUT2D eigenvalue weighted by atomic mass is 10.0. The van der Waals surface area contributed by atoms with Gasteiger partial charge in [0, 0.05) is 112 Å². The number of benzene rings is 3. The maximum absolute atomic E-state index is 13.1. The molecule has 0 saturated carbocycles. The molecule has 67 heavy (non-hydrogen) atoms. The minimum Gasteiger partial charge on any atom is -0.496 e. The van der Waals surface area contributed by atoms with Gasteiger partial charge < -0.3 is 24.4 Å². The van der Waals surface area contributed by atoms with Crippen LogP contribution in [0.4, 0.5) is 11.4 Å². The number of carbonyl (C=O) groups is 5. The number of ether oxygens (including phenoxy) is 1. The standard InChI is InChI=1S/C50H60ClN8O7P/c1-66-43-31-37(15-13-33(43)29-45-53-32-40(51)41(54-45)28-34-10-7-8-11-44(34)67(2,3)65)56-22-19-36(20-23-56)57-24-26-58(27-25-57)47(61)12-6-4-5-9-21-52-35-14-16-38-39(30-35)50(64)59(49(38)63)42-17-18-46(60)55-48(42)62/h7-8,10-11,13-16,30-32,36,42,52H,4-6,9,12,17-29H2,1-3H3,(H,55,60,62). The molecule has 3 fully saturated rings. The molecule has 4 aliphatic heterocycles. The van der Waals surface area contributed by atoms with Crippen molar-refractivity contribution in [3.05, 3.63) is 106 Å². The van der Waals surface area contributed by atoms with Gasteiger partial charge >= 0.3 is 0 Å². The molecule has 3 aromatic carbocycles. The number of piperidine rings is 2. The molecule has 1 aromatic heterocycles. The molecule has 0 spiro atoms. The third-order valence-electron chi connectivity index (χ3n) is 13.5. The molecular formula is C50H60ClN8O7P. The second-order valence-electron chi connectivity index (χ2n) is 18.3. The fraction of sp³-hybridized carbons (Fsp3) is 0.460. The van der Waals surface area contributed by atoms with Gasteiger partial charge in [0.2, 0.25) is 17.7 Å². The Hall–Kier alpha value is -5.63. The number of fused-ring (bicyclic) bond motifs is 1. The van der Waals surface area contributed by atoms with Crippen LogP contribution in [-0.2, 0) is 31.8 Å². The van der Waals surface area contributed by atoms with E-state index < -0.39 is 36.8 Å². The molecule has 4 aliphatic rings. The third-order valence-corrected chi connectivity index (χ3v) is 15.4. The van der Waals surface area contributed by atoms with Gasteiger partial charge in [0.25, 0.3) is 11.8 Å². The van der Waals surface area contributed by atoms with Crippen LogP contribution >= 0.6 is 18.7 Å². The third kappa shape index (κ3) is 11.2. The molecule has 0 aliphatic carbocycles. The number of methoxy groups -OCH3 is 1. The molecule has 8 rings (SSSR count). The van der Waals surface area contributed by atoms with Crippen LogP contribution < -0.4 is 25.6 Å². The summed E-state index contributed by atoms with van der Waals surface area (Å²) in [7, 11) is -0.790. The number of amides is 5. The number of carbonyl (C=O) groups excluding carboxylic acids is 5. The molecule has 17 heteroatoms. The summed E-state index contributed by atoms with van der Waals surface area (Å²) in [6, 6.07) is 18.6. The van der Waals surface area contributed by atoms with Gasteiger partial charge in [0.05, 0.1) is 29.0 Å². The molecule has 15 nitrogen and oxygen atoms in total. The average Bonchev–Trinajstić information content (AvgIpc) is 3.57. The Morgan fingerprint density at radius 2 is 1.60 bits per heavy atom. The number of halogens is 1. The first-order chi connectivity index (χ1) is 32.3. The van der Waals surface area contributed by atoms with E-state index in [4.69, 9.17) is 21.3 Å². The monoisotopic (exact) mass is 950 g/mol. The van der Waals surface area contributed by atoms with Crippen molar-refractivity contribution in [1.82, 2.24) is 30.0 Å². The average molecular weight is 952 g/mol. The summed E-state index contributed by atoms with van der Waals surface area (Å²) >= 11 is 6.57. The van der Waals surface area contributed by atoms with Gasteiger partial charge in [-0.2, -0.15) is 0 Å². The van der Waals surface area contributed by atoms with Gasteiger partial charge in [-0.25, -0.2) is 9.97 Å². The van der Waals surface area contributed by atoms with Crippen molar-refractivity contribution < 1.29 is 33.3 Å². The number of aromatic nitrogens is 2. The first kappa shape index (κ1) is 47.8. The summed E-state index contributed by atoms with van der Waals surface area (Å²) in [4.78, 5) is 80.5. The van der Waals surface area contributed by atoms with E-state index in [1.807, 2.05) is 29.2 Å². The highest BCUT2D eigenvalue weighted by atomic mass is 35.5. The van der Waals surface area contributed by atoms with Crippen molar-refractivity contribution >= 4 is 65.0 Å². The van der Waals surface area contributed by atoms with Gasteiger partial charge in [-0.1, -0.05) is 54.8 Å². The van der Waals surface area contributed by atoms with E-state index in [2.05, 4.69) is 43.6 Å². The van der Waals surface area contributed by atoms with Crippen molar-refractivity contribution in [1.29, 1.82) is 0 Å². The van der Waals surface area contributed by atoms with E-state index >= 15 is 0 Å². The van der Waals surface area contributed by atoms with E-state index in [0.717, 1.165) is 116 Å². The van der Waals surface area contributed by atoms with Crippen LogP contribution in [0.5, 0.6) is 5.75 Å². The van der Waals surface area contributed by atoms with Crippen molar-refractivity contribution in [2.24, 2.45) is 0 Å². The topological polar surface area (TPSA) is 174 Å². The fourth-order valence-electron chi connectivity index (χ4n) is 9.82. The summed E-state index contributed by atoms with van der Waals surface area (Å²) in [5.41, 5.74) is 5.00. The molecular weight excluding hydrogens is 891 g/mol. The molecule has 5 heterocycles. The zero-order chi connectivity index (χ0) is 47.2. The maximum Gasteiger partial charge on any atom is 0.262 e. The van der Waals surface area contributed by atoms with Crippen LogP contribution in [0.1, 0.15) is 101 Å². The predicted octanol–water partition coefficient (Wildman–Crippen LogP) is 6.15. The Morgan fingerprint density at radius 3 is 2.34 bits per heavy atom. The Balaban J connectivity index is 0.725. The van der Waals surface area contributed by atoms with E-state index in [1.165, 1.54) is 0 Å². The lowest BCUT2D eigenvalue weighted by Gasteiger charge is -2.43. The van der Waals surface area contributed by atoms with Crippen LogP contribution in [0.2, 0.25) is 5.02 Å². The maximum atomic E-state index is 13.1. The van der Waals surface area contributed by atoms with E-state index in [1.54, 1.807) is 44.8 Å². The molecule has 0 radical (unpaired) electrons. The lowest BCUT2D eigenvalue weighted by Crippen LogP contribution is -2.54. The highest BCUT2D eigenvalue weighted by Crippen LogP contribution is 2.37. The summed E-state index contributed by atoms with van der Waals surface area (Å²) in [6.45, 7) is 9.41. The molecule has 0 bridgehead atoms. The van der Waals surface area contributed by atoms with Crippen molar-refractivity contribution in [2.45, 2.75) is 82.7 Å². The normalized spacial score (nSPS) is 18.3. The summed E-state index contributed by atoms with van der Waals surface area (Å²) < 4.78 is 18.9. The van der Waals surface area contributed by atoms with Crippen LogP contribution in [0.3, 0.4) is 0 Å². The zero-order valence-corrected chi connectivity index (χ0v) is 40.3. The Labute approximate surface area is 397 Å². The number of rotatable bonds is 17. The quantitative estimate of drug-likeness (QED) is 0.0704. The van der Waals surface area contributed by atoms with E-state index in [9.17, 15) is 28.5 Å². The summed E-state index contributed by atoms with van der Waals surface area (Å²) in [6.07, 6.45) is 9.07. The highest BCUT2D eigenvalue weighted by molar-refractivity contribution is 7.70. The van der Waals surface area contributed by atoms with Gasteiger partial charge in [0.15, 0.2) is 0 Å². The molecule has 4 aromatic rings. The van der Waals surface area contributed by atoms with Crippen LogP contribution in [0.25, 0.3) is 0 Å². The van der Waals surface area contributed by atoms with Crippen LogP contribution in [0, 0.1) is 0 Å². The van der Waals surface area contributed by atoms with Crippen LogP contribution in [-0.4, -0.2) is 133 Å². The summed E-state index contributed by atoms with van der Waals surface area (Å²) in [5.74, 6) is -0.410. The molecule has 2 N–H and O–H groups in total.